The number of hydrogen-bond donors (Lipinski definition) is 1. The first-order valence-electron chi connectivity index (χ1n) is 8.64. The number of aryl methyl sites for hydroxylation is 2. The van der Waals surface area contributed by atoms with Crippen LogP contribution >= 0.6 is 0 Å². The van der Waals surface area contributed by atoms with Crippen LogP contribution in [0, 0.1) is 13.8 Å². The van der Waals surface area contributed by atoms with E-state index in [0.717, 1.165) is 22.5 Å². The number of nitrogens with zero attached hydrogens (tertiary/aromatic N) is 4. The Hall–Kier alpha value is -3.29. The topological polar surface area (TPSA) is 85.3 Å². The van der Waals surface area contributed by atoms with E-state index in [1.807, 2.05) is 43.8 Å². The summed E-state index contributed by atoms with van der Waals surface area (Å²) in [5.74, 6) is 1.27. The maximum absolute atomic E-state index is 12.8. The Balaban J connectivity index is 1.53. The van der Waals surface area contributed by atoms with Gasteiger partial charge < -0.3 is 14.4 Å². The van der Waals surface area contributed by atoms with Crippen molar-refractivity contribution in [2.75, 3.05) is 13.8 Å². The Labute approximate surface area is 156 Å². The lowest BCUT2D eigenvalue weighted by Gasteiger charge is -2.16. The number of H-pyrrole nitrogens is 1. The molecule has 0 fully saturated rings. The number of amides is 1. The Morgan fingerprint density at radius 3 is 2.78 bits per heavy atom. The zero-order valence-corrected chi connectivity index (χ0v) is 15.7. The van der Waals surface area contributed by atoms with Gasteiger partial charge in [0.1, 0.15) is 5.69 Å². The van der Waals surface area contributed by atoms with Crippen molar-refractivity contribution in [3.63, 3.8) is 0 Å². The van der Waals surface area contributed by atoms with Crippen LogP contribution in [0.4, 0.5) is 0 Å². The first kappa shape index (κ1) is 17.1. The molecule has 140 valence electrons. The fourth-order valence-electron chi connectivity index (χ4n) is 3.20. The molecule has 0 atom stereocenters. The van der Waals surface area contributed by atoms with Gasteiger partial charge >= 0.3 is 0 Å². The van der Waals surface area contributed by atoms with Gasteiger partial charge in [-0.15, -0.1) is 0 Å². The molecule has 27 heavy (non-hydrogen) atoms. The lowest BCUT2D eigenvalue weighted by Crippen LogP contribution is -2.27. The summed E-state index contributed by atoms with van der Waals surface area (Å²) in [6.07, 6.45) is 0. The fraction of sp³-hybridized carbons (Fsp3) is 0.316. The maximum atomic E-state index is 12.8. The zero-order valence-electron chi connectivity index (χ0n) is 15.7. The van der Waals surface area contributed by atoms with Gasteiger partial charge in [0.25, 0.3) is 5.91 Å². The molecule has 2 aromatic heterocycles. The fourth-order valence-corrected chi connectivity index (χ4v) is 3.20. The molecule has 3 heterocycles. The van der Waals surface area contributed by atoms with Gasteiger partial charge in [-0.2, -0.15) is 10.2 Å². The van der Waals surface area contributed by atoms with Crippen LogP contribution in [0.1, 0.15) is 27.4 Å². The first-order chi connectivity index (χ1) is 12.9. The van der Waals surface area contributed by atoms with Gasteiger partial charge in [0.2, 0.25) is 6.79 Å². The number of nitrogens with one attached hydrogen (secondary N) is 1. The van der Waals surface area contributed by atoms with E-state index in [1.54, 1.807) is 18.0 Å². The summed E-state index contributed by atoms with van der Waals surface area (Å²) in [6, 6.07) is 7.34. The van der Waals surface area contributed by atoms with Crippen molar-refractivity contribution in [3.8, 4) is 22.8 Å². The average molecular weight is 367 g/mol. The van der Waals surface area contributed by atoms with Crippen molar-refractivity contribution >= 4 is 5.91 Å². The summed E-state index contributed by atoms with van der Waals surface area (Å²) in [6.45, 7) is 4.67. The highest BCUT2D eigenvalue weighted by Gasteiger charge is 2.20. The zero-order chi connectivity index (χ0) is 19.1. The van der Waals surface area contributed by atoms with Crippen LogP contribution < -0.4 is 9.47 Å². The van der Waals surface area contributed by atoms with Gasteiger partial charge in [0.05, 0.1) is 11.4 Å². The summed E-state index contributed by atoms with van der Waals surface area (Å²) in [7, 11) is 3.68. The number of hydrogen-bond acceptors (Lipinski definition) is 5. The van der Waals surface area contributed by atoms with Gasteiger partial charge in [0.15, 0.2) is 11.5 Å². The van der Waals surface area contributed by atoms with Crippen molar-refractivity contribution in [1.29, 1.82) is 0 Å². The van der Waals surface area contributed by atoms with Crippen LogP contribution in [0.25, 0.3) is 11.3 Å². The van der Waals surface area contributed by atoms with Crippen molar-refractivity contribution in [1.82, 2.24) is 24.9 Å². The lowest BCUT2D eigenvalue weighted by molar-refractivity contribution is 0.0779. The number of aromatic amines is 1. The largest absolute Gasteiger partial charge is 0.454 e. The molecule has 0 aliphatic carbocycles. The van der Waals surface area contributed by atoms with E-state index in [4.69, 9.17) is 9.47 Å². The molecule has 8 nitrogen and oxygen atoms in total. The Morgan fingerprint density at radius 1 is 1.26 bits per heavy atom. The normalized spacial score (nSPS) is 12.4. The third kappa shape index (κ3) is 3.03. The second kappa shape index (κ2) is 6.46. The molecule has 0 saturated heterocycles. The van der Waals surface area contributed by atoms with Crippen LogP contribution in [0.2, 0.25) is 0 Å². The summed E-state index contributed by atoms with van der Waals surface area (Å²) < 4.78 is 12.6. The first-order valence-corrected chi connectivity index (χ1v) is 8.64. The highest BCUT2D eigenvalue weighted by atomic mass is 16.7. The molecule has 0 bridgehead atoms. The minimum absolute atomic E-state index is 0.128. The van der Waals surface area contributed by atoms with E-state index < -0.39 is 0 Å². The third-order valence-corrected chi connectivity index (χ3v) is 4.88. The number of fused-ring (bicyclic) bond motifs is 1. The third-order valence-electron chi connectivity index (χ3n) is 4.88. The van der Waals surface area contributed by atoms with Gasteiger partial charge in [-0.3, -0.25) is 14.6 Å². The number of aromatic nitrogens is 4. The molecule has 1 aliphatic heterocycles. The Bertz CT molecular complexity index is 1020. The van der Waals surface area contributed by atoms with Crippen LogP contribution in [-0.2, 0) is 13.6 Å². The second-order valence-corrected chi connectivity index (χ2v) is 6.67. The SMILES string of the molecule is Cc1nn(C)c(C)c1CN(C)C(=O)c1cc(-c2ccc3c(c2)OCO3)n[nH]1. The predicted octanol–water partition coefficient (Wildman–Crippen LogP) is 2.43. The minimum atomic E-state index is -0.128. The predicted molar refractivity (Wildman–Crippen MR) is 98.6 cm³/mol. The summed E-state index contributed by atoms with van der Waals surface area (Å²) >= 11 is 0. The van der Waals surface area contributed by atoms with Crippen molar-refractivity contribution < 1.29 is 14.3 Å². The number of ether oxygens (including phenoxy) is 2. The van der Waals surface area contributed by atoms with Gasteiger partial charge in [-0.25, -0.2) is 0 Å². The average Bonchev–Trinajstić information content (AvgIpc) is 3.36. The van der Waals surface area contributed by atoms with Crippen LogP contribution in [-0.4, -0.2) is 44.6 Å². The number of rotatable bonds is 4. The lowest BCUT2D eigenvalue weighted by atomic mass is 10.1. The number of benzene rings is 1. The molecular formula is C19H21N5O3. The monoisotopic (exact) mass is 367 g/mol. The molecule has 1 amide bonds. The second-order valence-electron chi connectivity index (χ2n) is 6.67. The summed E-state index contributed by atoms with van der Waals surface area (Å²) in [5.41, 5.74) is 5.02. The smallest absolute Gasteiger partial charge is 0.271 e. The van der Waals surface area contributed by atoms with E-state index in [2.05, 4.69) is 15.3 Å². The molecule has 0 saturated carbocycles. The van der Waals surface area contributed by atoms with Crippen molar-refractivity contribution in [3.05, 3.63) is 46.9 Å². The van der Waals surface area contributed by atoms with Gasteiger partial charge in [0, 0.05) is 37.5 Å². The van der Waals surface area contributed by atoms with E-state index in [0.29, 0.717) is 29.4 Å². The molecule has 1 N–H and O–H groups in total. The molecule has 3 aromatic rings. The highest BCUT2D eigenvalue weighted by molar-refractivity contribution is 5.93. The molecular weight excluding hydrogens is 346 g/mol. The van der Waals surface area contributed by atoms with E-state index >= 15 is 0 Å². The van der Waals surface area contributed by atoms with Crippen LogP contribution in [0.3, 0.4) is 0 Å². The van der Waals surface area contributed by atoms with Crippen molar-refractivity contribution in [2.45, 2.75) is 20.4 Å². The molecule has 4 rings (SSSR count). The Morgan fingerprint density at radius 2 is 2.04 bits per heavy atom. The molecule has 1 aromatic carbocycles. The number of carbonyl (C=O) groups excluding carboxylic acids is 1. The van der Waals surface area contributed by atoms with Crippen molar-refractivity contribution in [2.24, 2.45) is 7.05 Å². The highest BCUT2D eigenvalue weighted by Crippen LogP contribution is 2.35. The van der Waals surface area contributed by atoms with Crippen LogP contribution in [0.15, 0.2) is 24.3 Å². The molecule has 1 aliphatic rings. The van der Waals surface area contributed by atoms with Crippen LogP contribution in [0.5, 0.6) is 11.5 Å². The van der Waals surface area contributed by atoms with E-state index in [1.165, 1.54) is 0 Å². The summed E-state index contributed by atoms with van der Waals surface area (Å²) in [4.78, 5) is 14.5. The van der Waals surface area contributed by atoms with Gasteiger partial charge in [-0.05, 0) is 38.1 Å². The standard InChI is InChI=1S/C19H21N5O3/c1-11-14(12(2)24(4)22-11)9-23(3)19(25)16-8-15(20-21-16)13-5-6-17-18(7-13)27-10-26-17/h5-8H,9-10H2,1-4H3,(H,20,21). The minimum Gasteiger partial charge on any atom is -0.454 e. The van der Waals surface area contributed by atoms with E-state index in [-0.39, 0.29) is 12.7 Å². The molecule has 0 unspecified atom stereocenters. The summed E-state index contributed by atoms with van der Waals surface area (Å²) in [5, 5.41) is 11.5. The molecule has 8 heteroatoms. The Kier molecular flexibility index (Phi) is 4.10. The number of carbonyl (C=O) groups is 1. The molecule has 0 spiro atoms. The van der Waals surface area contributed by atoms with Gasteiger partial charge in [-0.1, -0.05) is 0 Å². The quantitative estimate of drug-likeness (QED) is 0.765. The van der Waals surface area contributed by atoms with E-state index in [9.17, 15) is 4.79 Å². The maximum Gasteiger partial charge on any atom is 0.271 e. The molecule has 0 radical (unpaired) electrons.